The molecule has 0 aliphatic rings. The molecule has 3 aromatic rings. The lowest BCUT2D eigenvalue weighted by atomic mass is 10.0. The van der Waals surface area contributed by atoms with Crippen LogP contribution in [0.4, 0.5) is 0 Å². The Morgan fingerprint density at radius 3 is 2.73 bits per heavy atom. The number of methoxy groups -OCH3 is 1. The molecular formula is C21H22N2O2S. The number of carbonyl (C=O) groups excluding carboxylic acids is 1. The number of fused-ring (bicyclic) bond motifs is 1. The Hall–Kier alpha value is -2.66. The van der Waals surface area contributed by atoms with Gasteiger partial charge in [0.1, 0.15) is 5.75 Å². The van der Waals surface area contributed by atoms with Crippen molar-refractivity contribution in [2.45, 2.75) is 26.8 Å². The molecule has 0 N–H and O–H groups in total. The van der Waals surface area contributed by atoms with Gasteiger partial charge in [0.15, 0.2) is 4.80 Å². The monoisotopic (exact) mass is 366 g/mol. The molecule has 4 nitrogen and oxygen atoms in total. The SMILES string of the molecule is C=CCn1c(=NC(=O)Cc2ccc(C)c(C)c2)sc2cc(OC)ccc21. The summed E-state index contributed by atoms with van der Waals surface area (Å²) in [6, 6.07) is 11.9. The van der Waals surface area contributed by atoms with Crippen molar-refractivity contribution in [3.63, 3.8) is 0 Å². The Morgan fingerprint density at radius 2 is 2.04 bits per heavy atom. The smallest absolute Gasteiger partial charge is 0.252 e. The summed E-state index contributed by atoms with van der Waals surface area (Å²) in [7, 11) is 1.64. The quantitative estimate of drug-likeness (QED) is 0.636. The Kier molecular flexibility index (Phi) is 5.38. The fourth-order valence-electron chi connectivity index (χ4n) is 2.81. The molecule has 0 aliphatic heterocycles. The third-order valence-electron chi connectivity index (χ3n) is 4.35. The summed E-state index contributed by atoms with van der Waals surface area (Å²) in [4.78, 5) is 17.6. The number of benzene rings is 2. The third kappa shape index (κ3) is 3.78. The lowest BCUT2D eigenvalue weighted by molar-refractivity contribution is -0.117. The van der Waals surface area contributed by atoms with Crippen LogP contribution >= 0.6 is 11.3 Å². The van der Waals surface area contributed by atoms with Crippen LogP contribution in [0.3, 0.4) is 0 Å². The summed E-state index contributed by atoms with van der Waals surface area (Å²) in [5, 5.41) is 0. The van der Waals surface area contributed by atoms with Gasteiger partial charge < -0.3 is 9.30 Å². The topological polar surface area (TPSA) is 43.6 Å². The van der Waals surface area contributed by atoms with E-state index in [2.05, 4.69) is 31.5 Å². The maximum Gasteiger partial charge on any atom is 0.252 e. The van der Waals surface area contributed by atoms with Gasteiger partial charge in [-0.3, -0.25) is 4.79 Å². The molecule has 134 valence electrons. The second-order valence-electron chi connectivity index (χ2n) is 6.22. The molecule has 5 heteroatoms. The van der Waals surface area contributed by atoms with E-state index in [1.54, 1.807) is 7.11 Å². The van der Waals surface area contributed by atoms with E-state index in [-0.39, 0.29) is 5.91 Å². The van der Waals surface area contributed by atoms with E-state index >= 15 is 0 Å². The number of hydrogen-bond acceptors (Lipinski definition) is 3. The molecule has 1 aromatic heterocycles. The highest BCUT2D eigenvalue weighted by molar-refractivity contribution is 7.16. The van der Waals surface area contributed by atoms with Gasteiger partial charge in [-0.25, -0.2) is 0 Å². The first kappa shape index (κ1) is 18.1. The zero-order chi connectivity index (χ0) is 18.7. The summed E-state index contributed by atoms with van der Waals surface area (Å²) in [6.07, 6.45) is 2.11. The minimum Gasteiger partial charge on any atom is -0.497 e. The van der Waals surface area contributed by atoms with Crippen molar-refractivity contribution in [1.82, 2.24) is 4.57 Å². The number of aryl methyl sites for hydroxylation is 2. The predicted octanol–water partition coefficient (Wildman–Crippen LogP) is 4.18. The van der Waals surface area contributed by atoms with Crippen LogP contribution < -0.4 is 9.54 Å². The van der Waals surface area contributed by atoms with E-state index in [4.69, 9.17) is 4.74 Å². The van der Waals surface area contributed by atoms with E-state index in [1.165, 1.54) is 22.5 Å². The van der Waals surface area contributed by atoms with Gasteiger partial charge >= 0.3 is 0 Å². The minimum absolute atomic E-state index is 0.149. The number of rotatable bonds is 5. The highest BCUT2D eigenvalue weighted by Gasteiger charge is 2.09. The first-order chi connectivity index (χ1) is 12.5. The van der Waals surface area contributed by atoms with Crippen LogP contribution in [-0.4, -0.2) is 17.6 Å². The Balaban J connectivity index is 1.99. The van der Waals surface area contributed by atoms with E-state index in [0.717, 1.165) is 21.5 Å². The second kappa shape index (κ2) is 7.70. The summed E-state index contributed by atoms with van der Waals surface area (Å²) in [6.45, 7) is 8.53. The number of thiazole rings is 1. The number of amides is 1. The van der Waals surface area contributed by atoms with Crippen LogP contribution in [0.25, 0.3) is 10.2 Å². The van der Waals surface area contributed by atoms with Crippen LogP contribution in [0.2, 0.25) is 0 Å². The fraction of sp³-hybridized carbons (Fsp3) is 0.238. The summed E-state index contributed by atoms with van der Waals surface area (Å²) in [5.74, 6) is 0.641. The number of allylic oxidation sites excluding steroid dienone is 1. The van der Waals surface area contributed by atoms with Crippen molar-refractivity contribution in [2.75, 3.05) is 7.11 Å². The third-order valence-corrected chi connectivity index (χ3v) is 5.39. The van der Waals surface area contributed by atoms with Crippen molar-refractivity contribution in [3.8, 4) is 5.75 Å². The molecule has 0 atom stereocenters. The minimum atomic E-state index is -0.149. The first-order valence-electron chi connectivity index (χ1n) is 8.44. The normalized spacial score (nSPS) is 11.7. The maximum atomic E-state index is 12.5. The standard InChI is InChI=1S/C21H22N2O2S/c1-5-10-23-18-9-8-17(25-4)13-19(18)26-21(23)22-20(24)12-16-7-6-14(2)15(3)11-16/h5-9,11,13H,1,10,12H2,2-4H3. The molecule has 0 saturated carbocycles. The molecule has 1 heterocycles. The van der Waals surface area contributed by atoms with Crippen LogP contribution in [-0.2, 0) is 17.8 Å². The van der Waals surface area contributed by atoms with Gasteiger partial charge in [0, 0.05) is 6.54 Å². The Morgan fingerprint density at radius 1 is 1.23 bits per heavy atom. The number of ether oxygens (including phenoxy) is 1. The summed E-state index contributed by atoms with van der Waals surface area (Å²) in [5.41, 5.74) is 4.42. The Bertz CT molecular complexity index is 1040. The van der Waals surface area contributed by atoms with Crippen LogP contribution in [0.15, 0.2) is 54.0 Å². The fourth-order valence-corrected chi connectivity index (χ4v) is 3.89. The Labute approximate surface area is 157 Å². The number of aromatic nitrogens is 1. The largest absolute Gasteiger partial charge is 0.497 e. The van der Waals surface area contributed by atoms with Gasteiger partial charge in [0.05, 0.1) is 23.7 Å². The average Bonchev–Trinajstić information content (AvgIpc) is 2.94. The van der Waals surface area contributed by atoms with E-state index < -0.39 is 0 Å². The van der Waals surface area contributed by atoms with Crippen molar-refractivity contribution in [3.05, 3.63) is 70.5 Å². The van der Waals surface area contributed by atoms with Crippen molar-refractivity contribution < 1.29 is 9.53 Å². The highest BCUT2D eigenvalue weighted by atomic mass is 32.1. The molecule has 0 spiro atoms. The van der Waals surface area contributed by atoms with Gasteiger partial charge in [-0.1, -0.05) is 35.6 Å². The van der Waals surface area contributed by atoms with Crippen molar-refractivity contribution >= 4 is 27.5 Å². The predicted molar refractivity (Wildman–Crippen MR) is 107 cm³/mol. The van der Waals surface area contributed by atoms with Crippen LogP contribution in [0.1, 0.15) is 16.7 Å². The molecule has 0 saturated heterocycles. The molecule has 0 bridgehead atoms. The molecule has 2 aromatic carbocycles. The molecule has 0 fully saturated rings. The summed E-state index contributed by atoms with van der Waals surface area (Å²) < 4.78 is 8.33. The van der Waals surface area contributed by atoms with Crippen molar-refractivity contribution in [1.29, 1.82) is 0 Å². The number of nitrogens with zero attached hydrogens (tertiary/aromatic N) is 2. The van der Waals surface area contributed by atoms with Gasteiger partial charge in [-0.05, 0) is 48.7 Å². The van der Waals surface area contributed by atoms with E-state index in [9.17, 15) is 4.79 Å². The van der Waals surface area contributed by atoms with E-state index in [1.807, 2.05) is 41.0 Å². The van der Waals surface area contributed by atoms with Gasteiger partial charge in [0.25, 0.3) is 5.91 Å². The number of hydrogen-bond donors (Lipinski definition) is 0. The van der Waals surface area contributed by atoms with Gasteiger partial charge in [-0.15, -0.1) is 6.58 Å². The molecule has 0 aliphatic carbocycles. The summed E-state index contributed by atoms with van der Waals surface area (Å²) >= 11 is 1.49. The second-order valence-corrected chi connectivity index (χ2v) is 7.23. The van der Waals surface area contributed by atoms with Crippen LogP contribution in [0.5, 0.6) is 5.75 Å². The lowest BCUT2D eigenvalue weighted by Gasteiger charge is -2.03. The first-order valence-corrected chi connectivity index (χ1v) is 9.25. The van der Waals surface area contributed by atoms with Crippen molar-refractivity contribution in [2.24, 2.45) is 4.99 Å². The van der Waals surface area contributed by atoms with E-state index in [0.29, 0.717) is 17.8 Å². The molecule has 1 amide bonds. The van der Waals surface area contributed by atoms with Gasteiger partial charge in [0.2, 0.25) is 0 Å². The highest BCUT2D eigenvalue weighted by Crippen LogP contribution is 2.23. The number of carbonyl (C=O) groups is 1. The van der Waals surface area contributed by atoms with Crippen LogP contribution in [0, 0.1) is 13.8 Å². The lowest BCUT2D eigenvalue weighted by Crippen LogP contribution is -2.17. The molecule has 0 radical (unpaired) electrons. The molecule has 26 heavy (non-hydrogen) atoms. The zero-order valence-corrected chi connectivity index (χ0v) is 16.1. The van der Waals surface area contributed by atoms with Gasteiger partial charge in [-0.2, -0.15) is 4.99 Å². The maximum absolute atomic E-state index is 12.5. The molecular weight excluding hydrogens is 344 g/mol. The average molecular weight is 366 g/mol. The molecule has 0 unspecified atom stereocenters. The molecule has 3 rings (SSSR count). The zero-order valence-electron chi connectivity index (χ0n) is 15.3.